The minimum absolute atomic E-state index is 0.227. The van der Waals surface area contributed by atoms with Crippen molar-refractivity contribution in [1.82, 2.24) is 0 Å². The van der Waals surface area contributed by atoms with Gasteiger partial charge in [-0.25, -0.2) is 0 Å². The molecular formula is C116H80N2OS3. The zero-order chi connectivity index (χ0) is 81.2. The van der Waals surface area contributed by atoms with Crippen LogP contribution in [0.3, 0.4) is 0 Å². The number of furan rings is 1. The quantitative estimate of drug-likeness (QED) is 0.128. The van der Waals surface area contributed by atoms with Crippen molar-refractivity contribution in [3.8, 4) is 55.6 Å². The van der Waals surface area contributed by atoms with E-state index in [4.69, 9.17) is 4.42 Å². The molecule has 0 amide bonds. The second-order valence-electron chi connectivity index (χ2n) is 34.0. The average Bonchev–Trinajstić information content (AvgIpc) is 0.996. The average molecular weight is 1610 g/mol. The molecule has 2 spiro atoms. The second-order valence-corrected chi connectivity index (χ2v) is 37.3. The molecule has 18 aromatic carbocycles. The molecule has 0 fully saturated rings. The highest BCUT2D eigenvalue weighted by molar-refractivity contribution is 7.99. The summed E-state index contributed by atoms with van der Waals surface area (Å²) in [7, 11) is 0. The van der Waals surface area contributed by atoms with Crippen LogP contribution in [0.4, 0.5) is 34.1 Å². The zero-order valence-electron chi connectivity index (χ0n) is 67.8. The molecule has 2 aliphatic heterocycles. The number of benzene rings is 18. The molecule has 20 aromatic rings. The Morgan fingerprint density at radius 3 is 1.14 bits per heavy atom. The number of hydrogen-bond acceptors (Lipinski definition) is 6. The maximum atomic E-state index is 7.18. The number of anilines is 6. The van der Waals surface area contributed by atoms with Gasteiger partial charge in [0.15, 0.2) is 0 Å². The number of nitrogens with zero attached hydrogens (tertiary/aromatic N) is 2. The molecule has 0 atom stereocenters. The van der Waals surface area contributed by atoms with Crippen molar-refractivity contribution in [3.63, 3.8) is 0 Å². The van der Waals surface area contributed by atoms with Crippen molar-refractivity contribution in [2.45, 2.75) is 68.9 Å². The van der Waals surface area contributed by atoms with E-state index in [-0.39, 0.29) is 10.8 Å². The molecule has 6 heteroatoms. The first-order valence-electron chi connectivity index (χ1n) is 42.2. The van der Waals surface area contributed by atoms with Crippen LogP contribution in [0.2, 0.25) is 0 Å². The van der Waals surface area contributed by atoms with Gasteiger partial charge in [0, 0.05) is 101 Å². The van der Waals surface area contributed by atoms with Crippen molar-refractivity contribution in [1.29, 1.82) is 0 Å². The molecule has 0 radical (unpaired) electrons. The summed E-state index contributed by atoms with van der Waals surface area (Å²) in [6.07, 6.45) is 0. The van der Waals surface area contributed by atoms with Crippen LogP contribution in [0.1, 0.15) is 94.5 Å². The molecule has 0 saturated carbocycles. The van der Waals surface area contributed by atoms with Crippen LogP contribution in [-0.2, 0) is 21.7 Å². The lowest BCUT2D eigenvalue weighted by Gasteiger charge is -2.50. The minimum atomic E-state index is -0.748. The molecule has 4 aliphatic rings. The largest absolute Gasteiger partial charge is 0.455 e. The van der Waals surface area contributed by atoms with Crippen molar-refractivity contribution >= 4 is 111 Å². The smallest absolute Gasteiger partial charge is 0.143 e. The van der Waals surface area contributed by atoms with Gasteiger partial charge in [-0.3, -0.25) is 0 Å². The predicted octanol–water partition coefficient (Wildman–Crippen LogP) is 32.2. The summed E-state index contributed by atoms with van der Waals surface area (Å²) in [5.41, 5.74) is 33.5. The maximum Gasteiger partial charge on any atom is 0.143 e. The molecule has 0 saturated heterocycles. The number of para-hydroxylation sites is 3. The fraction of sp³-hybridized carbons (Fsp3) is 0.0690. The van der Waals surface area contributed by atoms with Gasteiger partial charge in [0.25, 0.3) is 0 Å². The van der Waals surface area contributed by atoms with Gasteiger partial charge in [0.05, 0.1) is 22.2 Å². The van der Waals surface area contributed by atoms with Crippen LogP contribution >= 0.6 is 34.9 Å². The summed E-state index contributed by atoms with van der Waals surface area (Å²) in [6, 6.07) is 155. The molecule has 4 heterocycles. The number of fused-ring (bicyclic) bond motifs is 22. The van der Waals surface area contributed by atoms with Crippen molar-refractivity contribution in [2.24, 2.45) is 0 Å². The Balaban J connectivity index is 0.635. The fourth-order valence-electron chi connectivity index (χ4n) is 21.4. The zero-order valence-corrected chi connectivity index (χ0v) is 70.2. The molecule has 24 rings (SSSR count). The van der Waals surface area contributed by atoms with Gasteiger partial charge in [0.1, 0.15) is 11.2 Å². The Kier molecular flexibility index (Phi) is 16.6. The van der Waals surface area contributed by atoms with E-state index in [0.717, 1.165) is 101 Å². The highest BCUT2D eigenvalue weighted by Gasteiger charge is 2.55. The van der Waals surface area contributed by atoms with E-state index < -0.39 is 10.8 Å². The highest BCUT2D eigenvalue weighted by Crippen LogP contribution is 2.66. The standard InChI is InChI=1S/C116H80N2OS3/c1-113(2)90-39-14-18-43-94(90)115(95-44-19-15-40-91(95)113)98-47-22-26-51-106(98)121-108-67-63-81(71-100(108)115)118(103-49-24-12-34-84(103)74-31-9-6-10-32-74)80-61-55-76(56-62-80)86-37-27-38-87-89-69-77(57-65-104(89)119-112(86)87)78-58-66-107-99(70-78)116(96-45-20-16-41-92(96)114(3,4)93-42-17-21-46-97(93)116)101-72-82(64-68-109(101)122-107)117(102-48-23-11-33-83(102)73-29-7-5-8-30-73)79-59-53-75(54-60-79)85-36-28-52-110-111(85)88-35-13-25-50-105(88)120-110/h5-72H,1-4H3. The van der Waals surface area contributed by atoms with Crippen LogP contribution in [0.5, 0.6) is 0 Å². The third-order valence-corrected chi connectivity index (χ3v) is 30.4. The number of hydrogen-bond donors (Lipinski definition) is 0. The van der Waals surface area contributed by atoms with E-state index in [9.17, 15) is 0 Å². The lowest BCUT2D eigenvalue weighted by molar-refractivity contribution is 0.549. The first-order chi connectivity index (χ1) is 60.0. The van der Waals surface area contributed by atoms with E-state index in [1.54, 1.807) is 0 Å². The molecule has 0 N–H and O–H groups in total. The Hall–Kier alpha value is -13.7. The van der Waals surface area contributed by atoms with Crippen molar-refractivity contribution in [3.05, 3.63) is 479 Å². The number of thiophene rings is 1. The third-order valence-electron chi connectivity index (χ3n) is 26.9. The highest BCUT2D eigenvalue weighted by atomic mass is 32.2. The Morgan fingerprint density at radius 2 is 0.590 bits per heavy atom. The molecular weight excluding hydrogens is 1530 g/mol. The Bertz CT molecular complexity index is 7560. The maximum absolute atomic E-state index is 7.18. The van der Waals surface area contributed by atoms with Crippen molar-refractivity contribution in [2.75, 3.05) is 9.80 Å². The Morgan fingerprint density at radius 1 is 0.230 bits per heavy atom. The normalized spacial score (nSPS) is 14.4. The SMILES string of the molecule is CC1(C)c2ccccc2C2(c3ccccc3Sc3ccc(N(c4ccc(-c5cccc6c5oc5ccc(-c7ccc8c(c7)C7(c9cc(N(c%10ccc(-c%11cccc%12sc%13ccccc%13c%11%12)cc%10)c%10ccccc%10-c%10ccccc%10)ccc9S8)c8ccccc8C(C)(C)c8ccccc87)cc56)cc4)c4ccccc4-c4ccccc4)cc32)c2ccccc21. The molecule has 0 bridgehead atoms. The predicted molar refractivity (Wildman–Crippen MR) is 512 cm³/mol. The summed E-state index contributed by atoms with van der Waals surface area (Å²) in [5.74, 6) is 0. The summed E-state index contributed by atoms with van der Waals surface area (Å²) in [6.45, 7) is 9.64. The molecule has 3 nitrogen and oxygen atoms in total. The van der Waals surface area contributed by atoms with Gasteiger partial charge in [-0.15, -0.1) is 11.3 Å². The molecule has 2 aromatic heterocycles. The van der Waals surface area contributed by atoms with Crippen LogP contribution in [0.15, 0.2) is 437 Å². The van der Waals surface area contributed by atoms with E-state index in [2.05, 4.69) is 450 Å². The second kappa shape index (κ2) is 27.9. The fourth-order valence-corrected chi connectivity index (χ4v) is 24.9. The van der Waals surface area contributed by atoms with Crippen LogP contribution in [0, 0.1) is 0 Å². The van der Waals surface area contributed by atoms with Gasteiger partial charge < -0.3 is 14.2 Å². The van der Waals surface area contributed by atoms with Crippen LogP contribution in [0.25, 0.3) is 97.7 Å². The molecule has 0 unspecified atom stereocenters. The monoisotopic (exact) mass is 1610 g/mol. The summed E-state index contributed by atoms with van der Waals surface area (Å²) >= 11 is 5.64. The molecule has 2 aliphatic carbocycles. The van der Waals surface area contributed by atoms with Crippen LogP contribution in [-0.4, -0.2) is 0 Å². The van der Waals surface area contributed by atoms with Gasteiger partial charge in [-0.1, -0.05) is 348 Å². The van der Waals surface area contributed by atoms with E-state index >= 15 is 0 Å². The van der Waals surface area contributed by atoms with E-state index in [1.165, 1.54) is 118 Å². The molecule has 578 valence electrons. The molecule has 122 heavy (non-hydrogen) atoms. The van der Waals surface area contributed by atoms with E-state index in [0.29, 0.717) is 0 Å². The summed E-state index contributed by atoms with van der Waals surface area (Å²) in [4.78, 5) is 10.0. The van der Waals surface area contributed by atoms with Gasteiger partial charge in [-0.05, 0) is 221 Å². The van der Waals surface area contributed by atoms with E-state index in [1.807, 2.05) is 34.9 Å². The number of rotatable bonds is 11. The van der Waals surface area contributed by atoms with Crippen LogP contribution < -0.4 is 9.80 Å². The minimum Gasteiger partial charge on any atom is -0.455 e. The third kappa shape index (κ3) is 10.8. The first kappa shape index (κ1) is 72.3. The van der Waals surface area contributed by atoms with Crippen molar-refractivity contribution < 1.29 is 4.42 Å². The summed E-state index contributed by atoms with van der Waals surface area (Å²) in [5, 5.41) is 4.75. The Labute approximate surface area is 723 Å². The van der Waals surface area contributed by atoms with Gasteiger partial charge >= 0.3 is 0 Å². The topological polar surface area (TPSA) is 19.6 Å². The van der Waals surface area contributed by atoms with Gasteiger partial charge in [-0.2, -0.15) is 0 Å². The lowest BCUT2D eigenvalue weighted by Crippen LogP contribution is -2.43. The van der Waals surface area contributed by atoms with Gasteiger partial charge in [0.2, 0.25) is 0 Å². The summed E-state index contributed by atoms with van der Waals surface area (Å²) < 4.78 is 9.78. The first-order valence-corrected chi connectivity index (χ1v) is 44.7. The lowest BCUT2D eigenvalue weighted by atomic mass is 9.54.